The molecule has 1 aromatic carbocycles. The van der Waals surface area contributed by atoms with Gasteiger partial charge in [0, 0.05) is 22.6 Å². The number of carbonyl (C=O) groups is 1. The molecule has 0 fully saturated rings. The number of halogens is 1. The molecule has 1 aromatic heterocycles. The summed E-state index contributed by atoms with van der Waals surface area (Å²) in [7, 11) is 1.21. The Morgan fingerprint density at radius 3 is 2.89 bits per heavy atom. The van der Waals surface area contributed by atoms with E-state index in [2.05, 4.69) is 19.7 Å². The van der Waals surface area contributed by atoms with Crippen LogP contribution in [0.3, 0.4) is 0 Å². The summed E-state index contributed by atoms with van der Waals surface area (Å²) >= 11 is 0. The number of hydrogen-bond donors (Lipinski definition) is 0. The highest BCUT2D eigenvalue weighted by atomic mass is 19.1. The molecule has 2 aromatic rings. The van der Waals surface area contributed by atoms with Crippen LogP contribution in [0, 0.1) is 12.7 Å². The van der Waals surface area contributed by atoms with Crippen LogP contribution < -0.4 is 0 Å². The van der Waals surface area contributed by atoms with Gasteiger partial charge in [0.05, 0.1) is 23.9 Å². The van der Waals surface area contributed by atoms with Crippen molar-refractivity contribution in [1.29, 1.82) is 0 Å². The number of esters is 1. The van der Waals surface area contributed by atoms with Gasteiger partial charge in [-0.15, -0.1) is 0 Å². The van der Waals surface area contributed by atoms with E-state index in [1.165, 1.54) is 25.4 Å². The standard InChI is InChI=1S/C12H9FN4O2/c1-6-3-7-10(4-9(6)13)15-5-8(12(18)19-2)11(7)16-17-14/h3-5H,1-2H3. The quantitative estimate of drug-likeness (QED) is 0.358. The number of benzene rings is 1. The molecule has 19 heavy (non-hydrogen) atoms. The highest BCUT2D eigenvalue weighted by Gasteiger charge is 2.16. The van der Waals surface area contributed by atoms with Crippen LogP contribution in [-0.2, 0) is 4.74 Å². The number of ether oxygens (including phenoxy) is 1. The van der Waals surface area contributed by atoms with E-state index >= 15 is 0 Å². The van der Waals surface area contributed by atoms with Crippen LogP contribution in [0.15, 0.2) is 23.4 Å². The Morgan fingerprint density at radius 2 is 2.26 bits per heavy atom. The molecule has 0 saturated carbocycles. The van der Waals surface area contributed by atoms with Gasteiger partial charge in [-0.25, -0.2) is 9.18 Å². The van der Waals surface area contributed by atoms with Crippen molar-refractivity contribution in [1.82, 2.24) is 4.98 Å². The number of aromatic nitrogens is 1. The average molecular weight is 260 g/mol. The number of azide groups is 1. The third kappa shape index (κ3) is 2.19. The zero-order chi connectivity index (χ0) is 14.0. The second-order valence-electron chi connectivity index (χ2n) is 3.82. The average Bonchev–Trinajstić information content (AvgIpc) is 2.40. The number of hydrogen-bond acceptors (Lipinski definition) is 4. The number of pyridine rings is 1. The summed E-state index contributed by atoms with van der Waals surface area (Å²) in [5.41, 5.74) is 9.39. The number of aryl methyl sites for hydroxylation is 1. The van der Waals surface area contributed by atoms with Crippen LogP contribution in [0.4, 0.5) is 10.1 Å². The molecule has 0 aliphatic heterocycles. The summed E-state index contributed by atoms with van der Waals surface area (Å²) in [5, 5.41) is 3.89. The third-order valence-electron chi connectivity index (χ3n) is 2.67. The molecule has 7 heteroatoms. The van der Waals surface area contributed by atoms with Crippen LogP contribution in [0.2, 0.25) is 0 Å². The van der Waals surface area contributed by atoms with E-state index in [1.807, 2.05) is 0 Å². The number of methoxy groups -OCH3 is 1. The molecule has 96 valence electrons. The van der Waals surface area contributed by atoms with Gasteiger partial charge in [-0.2, -0.15) is 0 Å². The minimum absolute atomic E-state index is 0.0406. The van der Waals surface area contributed by atoms with Gasteiger partial charge in [-0.3, -0.25) is 4.98 Å². The minimum atomic E-state index is -0.668. The molecule has 1 heterocycles. The van der Waals surface area contributed by atoms with Gasteiger partial charge in [0.1, 0.15) is 5.82 Å². The number of nitrogens with zero attached hydrogens (tertiary/aromatic N) is 4. The lowest BCUT2D eigenvalue weighted by molar-refractivity contribution is 0.0601. The molecule has 0 N–H and O–H groups in total. The van der Waals surface area contributed by atoms with Crippen LogP contribution in [0.1, 0.15) is 15.9 Å². The van der Waals surface area contributed by atoms with Gasteiger partial charge in [0.25, 0.3) is 0 Å². The Labute approximate surface area is 107 Å². The first-order valence-electron chi connectivity index (χ1n) is 5.30. The zero-order valence-corrected chi connectivity index (χ0v) is 10.2. The largest absolute Gasteiger partial charge is 0.465 e. The zero-order valence-electron chi connectivity index (χ0n) is 10.2. The van der Waals surface area contributed by atoms with E-state index < -0.39 is 11.8 Å². The van der Waals surface area contributed by atoms with Gasteiger partial charge in [-0.05, 0) is 24.1 Å². The molecule has 0 unspecified atom stereocenters. The number of rotatable bonds is 2. The van der Waals surface area contributed by atoms with Gasteiger partial charge < -0.3 is 4.74 Å². The molecule has 0 aliphatic rings. The Kier molecular flexibility index (Phi) is 3.31. The maximum absolute atomic E-state index is 13.5. The molecule has 0 amide bonds. The summed E-state index contributed by atoms with van der Waals surface area (Å²) in [4.78, 5) is 18.2. The Hall–Kier alpha value is -2.66. The summed E-state index contributed by atoms with van der Waals surface area (Å²) in [5.74, 6) is -1.09. The van der Waals surface area contributed by atoms with Crippen molar-refractivity contribution < 1.29 is 13.9 Å². The normalized spacial score (nSPS) is 10.1. The summed E-state index contributed by atoms with van der Waals surface area (Å²) < 4.78 is 18.0. The Morgan fingerprint density at radius 1 is 1.53 bits per heavy atom. The van der Waals surface area contributed by atoms with E-state index in [0.717, 1.165) is 0 Å². The molecule has 0 atom stereocenters. The van der Waals surface area contributed by atoms with Gasteiger partial charge in [0.2, 0.25) is 0 Å². The highest BCUT2D eigenvalue weighted by molar-refractivity contribution is 6.03. The monoisotopic (exact) mass is 260 g/mol. The van der Waals surface area contributed by atoms with Crippen molar-refractivity contribution in [3.63, 3.8) is 0 Å². The third-order valence-corrected chi connectivity index (χ3v) is 2.67. The summed E-state index contributed by atoms with van der Waals surface area (Å²) in [6.07, 6.45) is 1.20. The van der Waals surface area contributed by atoms with Gasteiger partial charge in [-0.1, -0.05) is 5.11 Å². The topological polar surface area (TPSA) is 88.0 Å². The van der Waals surface area contributed by atoms with Crippen LogP contribution in [0.25, 0.3) is 21.3 Å². The summed E-state index contributed by atoms with van der Waals surface area (Å²) in [6.45, 7) is 1.57. The molecule has 0 saturated heterocycles. The van der Waals surface area contributed by atoms with Gasteiger partial charge >= 0.3 is 5.97 Å². The number of fused-ring (bicyclic) bond motifs is 1. The lowest BCUT2D eigenvalue weighted by atomic mass is 10.1. The fourth-order valence-corrected chi connectivity index (χ4v) is 1.72. The predicted octanol–water partition coefficient (Wildman–Crippen LogP) is 3.41. The maximum atomic E-state index is 13.5. The Bertz CT molecular complexity index is 723. The van der Waals surface area contributed by atoms with Crippen molar-refractivity contribution in [3.8, 4) is 0 Å². The van der Waals surface area contributed by atoms with E-state index in [4.69, 9.17) is 5.53 Å². The number of carbonyl (C=O) groups excluding carboxylic acids is 1. The minimum Gasteiger partial charge on any atom is -0.465 e. The second kappa shape index (κ2) is 4.91. The maximum Gasteiger partial charge on any atom is 0.339 e. The van der Waals surface area contributed by atoms with Crippen LogP contribution in [-0.4, -0.2) is 18.1 Å². The second-order valence-corrected chi connectivity index (χ2v) is 3.82. The Balaban J connectivity index is 2.87. The van der Waals surface area contributed by atoms with Crippen molar-refractivity contribution in [2.45, 2.75) is 6.92 Å². The van der Waals surface area contributed by atoms with Crippen molar-refractivity contribution in [2.75, 3.05) is 7.11 Å². The first kappa shape index (κ1) is 12.8. The highest BCUT2D eigenvalue weighted by Crippen LogP contribution is 2.31. The van der Waals surface area contributed by atoms with E-state index in [0.29, 0.717) is 16.5 Å². The van der Waals surface area contributed by atoms with Crippen molar-refractivity contribution in [2.24, 2.45) is 5.11 Å². The first-order valence-corrected chi connectivity index (χ1v) is 5.30. The molecule has 2 rings (SSSR count). The SMILES string of the molecule is COC(=O)c1cnc2cc(F)c(C)cc2c1N=[N+]=[N-]. The molecule has 0 aliphatic carbocycles. The molecule has 6 nitrogen and oxygen atoms in total. The molecule has 0 radical (unpaired) electrons. The van der Waals surface area contributed by atoms with Crippen molar-refractivity contribution >= 4 is 22.6 Å². The van der Waals surface area contributed by atoms with E-state index in [1.54, 1.807) is 6.92 Å². The lowest BCUT2D eigenvalue weighted by Gasteiger charge is -2.08. The first-order chi connectivity index (χ1) is 9.08. The summed E-state index contributed by atoms with van der Waals surface area (Å²) in [6, 6.07) is 2.70. The lowest BCUT2D eigenvalue weighted by Crippen LogP contribution is -2.03. The van der Waals surface area contributed by atoms with Crippen molar-refractivity contribution in [3.05, 3.63) is 45.7 Å². The molecular weight excluding hydrogens is 251 g/mol. The van der Waals surface area contributed by atoms with Crippen LogP contribution >= 0.6 is 0 Å². The fraction of sp³-hybridized carbons (Fsp3) is 0.167. The van der Waals surface area contributed by atoms with Gasteiger partial charge in [0.15, 0.2) is 0 Å². The molecular formula is C12H9FN4O2. The van der Waals surface area contributed by atoms with Crippen LogP contribution in [0.5, 0.6) is 0 Å². The molecule has 0 bridgehead atoms. The molecule has 0 spiro atoms. The predicted molar refractivity (Wildman–Crippen MR) is 66.6 cm³/mol. The van der Waals surface area contributed by atoms with E-state index in [-0.39, 0.29) is 11.3 Å². The smallest absolute Gasteiger partial charge is 0.339 e. The van der Waals surface area contributed by atoms with E-state index in [9.17, 15) is 9.18 Å². The fourth-order valence-electron chi connectivity index (χ4n) is 1.72.